The fourth-order valence-corrected chi connectivity index (χ4v) is 3.83. The number of benzene rings is 1. The number of rotatable bonds is 4. The van der Waals surface area contributed by atoms with Gasteiger partial charge in [-0.3, -0.25) is 0 Å². The van der Waals surface area contributed by atoms with Crippen LogP contribution in [0.1, 0.15) is 22.5 Å². The van der Waals surface area contributed by atoms with Gasteiger partial charge in [0.1, 0.15) is 0 Å². The molecule has 96 valence electrons. The highest BCUT2D eigenvalue weighted by atomic mass is 79.9. The van der Waals surface area contributed by atoms with Crippen LogP contribution in [0.2, 0.25) is 5.02 Å². The lowest BCUT2D eigenvalue weighted by atomic mass is 9.92. The van der Waals surface area contributed by atoms with Gasteiger partial charge in [-0.2, -0.15) is 0 Å². The van der Waals surface area contributed by atoms with Crippen LogP contribution >= 0.6 is 38.9 Å². The molecule has 0 saturated heterocycles. The minimum atomic E-state index is -0.649. The minimum absolute atomic E-state index is 0.200. The standard InChI is InChI=1S/C13H13BrClNOS/c14-10-5-6-18-13(10)12(17)9(7-16)8-3-1-2-4-11(8)15/h1-6,9,12,17H,7,16H2. The lowest BCUT2D eigenvalue weighted by molar-refractivity contribution is 0.150. The number of hydrogen-bond acceptors (Lipinski definition) is 3. The molecule has 1 aromatic heterocycles. The van der Waals surface area contributed by atoms with E-state index in [-0.39, 0.29) is 5.92 Å². The highest BCUT2D eigenvalue weighted by Crippen LogP contribution is 2.39. The number of aliphatic hydroxyl groups is 1. The first-order valence-electron chi connectivity index (χ1n) is 5.50. The summed E-state index contributed by atoms with van der Waals surface area (Å²) >= 11 is 11.1. The largest absolute Gasteiger partial charge is 0.387 e. The highest BCUT2D eigenvalue weighted by molar-refractivity contribution is 9.10. The van der Waals surface area contributed by atoms with Crippen molar-refractivity contribution < 1.29 is 5.11 Å². The quantitative estimate of drug-likeness (QED) is 0.881. The molecule has 2 aromatic rings. The van der Waals surface area contributed by atoms with E-state index in [1.807, 2.05) is 35.7 Å². The first kappa shape index (κ1) is 14.0. The molecular formula is C13H13BrClNOS. The van der Waals surface area contributed by atoms with Crippen molar-refractivity contribution in [2.24, 2.45) is 5.73 Å². The van der Waals surface area contributed by atoms with E-state index in [9.17, 15) is 5.11 Å². The van der Waals surface area contributed by atoms with Gasteiger partial charge in [0.2, 0.25) is 0 Å². The van der Waals surface area contributed by atoms with Crippen LogP contribution in [0, 0.1) is 0 Å². The molecule has 0 aliphatic carbocycles. The van der Waals surface area contributed by atoms with Crippen molar-refractivity contribution in [3.8, 4) is 0 Å². The predicted octanol–water partition coefficient (Wildman–Crippen LogP) is 3.94. The molecule has 0 bridgehead atoms. The summed E-state index contributed by atoms with van der Waals surface area (Å²) in [6, 6.07) is 9.41. The van der Waals surface area contributed by atoms with Gasteiger partial charge in [0.15, 0.2) is 0 Å². The normalized spacial score (nSPS) is 14.4. The topological polar surface area (TPSA) is 46.2 Å². The summed E-state index contributed by atoms with van der Waals surface area (Å²) < 4.78 is 0.908. The number of hydrogen-bond donors (Lipinski definition) is 2. The van der Waals surface area contributed by atoms with Gasteiger partial charge in [0, 0.05) is 26.8 Å². The summed E-state index contributed by atoms with van der Waals surface area (Å²) in [6.45, 7) is 0.342. The molecule has 0 fully saturated rings. The van der Waals surface area contributed by atoms with Gasteiger partial charge >= 0.3 is 0 Å². The van der Waals surface area contributed by atoms with Crippen LogP contribution in [0.3, 0.4) is 0 Å². The van der Waals surface area contributed by atoms with Crippen LogP contribution in [-0.2, 0) is 0 Å². The predicted molar refractivity (Wildman–Crippen MR) is 80.2 cm³/mol. The lowest BCUT2D eigenvalue weighted by Crippen LogP contribution is -2.20. The van der Waals surface area contributed by atoms with Crippen molar-refractivity contribution in [1.82, 2.24) is 0 Å². The van der Waals surface area contributed by atoms with E-state index in [2.05, 4.69) is 15.9 Å². The lowest BCUT2D eigenvalue weighted by Gasteiger charge is -2.22. The highest BCUT2D eigenvalue weighted by Gasteiger charge is 2.25. The van der Waals surface area contributed by atoms with Crippen LogP contribution in [0.5, 0.6) is 0 Å². The van der Waals surface area contributed by atoms with Gasteiger partial charge in [-0.25, -0.2) is 0 Å². The molecular weight excluding hydrogens is 334 g/mol. The van der Waals surface area contributed by atoms with Crippen molar-refractivity contribution >= 4 is 38.9 Å². The maximum atomic E-state index is 10.5. The van der Waals surface area contributed by atoms with E-state index >= 15 is 0 Å². The fraction of sp³-hybridized carbons (Fsp3) is 0.231. The van der Waals surface area contributed by atoms with Crippen molar-refractivity contribution in [3.05, 3.63) is 55.6 Å². The molecule has 1 aromatic carbocycles. The summed E-state index contributed by atoms with van der Waals surface area (Å²) in [7, 11) is 0. The molecule has 0 aliphatic rings. The smallest absolute Gasteiger partial charge is 0.0974 e. The first-order chi connectivity index (χ1) is 8.65. The third-order valence-corrected chi connectivity index (χ3v) is 5.14. The molecule has 0 radical (unpaired) electrons. The number of nitrogens with two attached hydrogens (primary N) is 1. The van der Waals surface area contributed by atoms with E-state index in [1.165, 1.54) is 11.3 Å². The molecule has 1 heterocycles. The molecule has 0 aliphatic heterocycles. The Balaban J connectivity index is 2.35. The van der Waals surface area contributed by atoms with E-state index in [0.29, 0.717) is 11.6 Å². The van der Waals surface area contributed by atoms with Gasteiger partial charge in [-0.05, 0) is 39.0 Å². The van der Waals surface area contributed by atoms with Crippen molar-refractivity contribution in [3.63, 3.8) is 0 Å². The zero-order chi connectivity index (χ0) is 13.1. The molecule has 2 nitrogen and oxygen atoms in total. The van der Waals surface area contributed by atoms with Crippen LogP contribution in [0.25, 0.3) is 0 Å². The third-order valence-electron chi connectivity index (χ3n) is 2.85. The fourth-order valence-electron chi connectivity index (χ4n) is 1.90. The Bertz CT molecular complexity index is 531. The van der Waals surface area contributed by atoms with Crippen molar-refractivity contribution in [2.45, 2.75) is 12.0 Å². The summed E-state index contributed by atoms with van der Waals surface area (Å²) in [4.78, 5) is 0.880. The number of aliphatic hydroxyl groups excluding tert-OH is 1. The average molecular weight is 347 g/mol. The second-order valence-electron chi connectivity index (χ2n) is 3.94. The molecule has 2 unspecified atom stereocenters. The van der Waals surface area contributed by atoms with E-state index in [1.54, 1.807) is 0 Å². The molecule has 5 heteroatoms. The maximum absolute atomic E-state index is 10.5. The molecule has 2 atom stereocenters. The van der Waals surface area contributed by atoms with Crippen LogP contribution in [0.4, 0.5) is 0 Å². The Morgan fingerprint density at radius 3 is 2.61 bits per heavy atom. The molecule has 0 amide bonds. The molecule has 3 N–H and O–H groups in total. The van der Waals surface area contributed by atoms with Crippen LogP contribution in [-0.4, -0.2) is 11.7 Å². The van der Waals surface area contributed by atoms with Crippen LogP contribution < -0.4 is 5.73 Å². The molecule has 2 rings (SSSR count). The molecule has 0 spiro atoms. The Labute approximate surface area is 124 Å². The number of thiophene rings is 1. The van der Waals surface area contributed by atoms with E-state index < -0.39 is 6.10 Å². The summed E-state index contributed by atoms with van der Waals surface area (Å²) in [6.07, 6.45) is -0.649. The van der Waals surface area contributed by atoms with Crippen molar-refractivity contribution in [2.75, 3.05) is 6.54 Å². The van der Waals surface area contributed by atoms with Gasteiger partial charge in [-0.15, -0.1) is 11.3 Å². The summed E-state index contributed by atoms with van der Waals surface area (Å²) in [5.74, 6) is -0.200. The molecule has 0 saturated carbocycles. The Hall–Kier alpha value is -0.390. The van der Waals surface area contributed by atoms with Gasteiger partial charge < -0.3 is 10.8 Å². The maximum Gasteiger partial charge on any atom is 0.0974 e. The van der Waals surface area contributed by atoms with Crippen LogP contribution in [0.15, 0.2) is 40.2 Å². The monoisotopic (exact) mass is 345 g/mol. The molecule has 18 heavy (non-hydrogen) atoms. The summed E-state index contributed by atoms with van der Waals surface area (Å²) in [5, 5.41) is 13.0. The van der Waals surface area contributed by atoms with Crippen molar-refractivity contribution in [1.29, 1.82) is 0 Å². The van der Waals surface area contributed by atoms with Gasteiger partial charge in [-0.1, -0.05) is 29.8 Å². The first-order valence-corrected chi connectivity index (χ1v) is 7.55. The Morgan fingerprint density at radius 1 is 1.33 bits per heavy atom. The third kappa shape index (κ3) is 2.78. The zero-order valence-electron chi connectivity index (χ0n) is 9.51. The van der Waals surface area contributed by atoms with Gasteiger partial charge in [0.25, 0.3) is 0 Å². The number of halogens is 2. The SMILES string of the molecule is NCC(c1ccccc1Cl)C(O)c1sccc1Br. The van der Waals surface area contributed by atoms with E-state index in [0.717, 1.165) is 14.9 Å². The zero-order valence-corrected chi connectivity index (χ0v) is 12.7. The average Bonchev–Trinajstić information content (AvgIpc) is 2.78. The van der Waals surface area contributed by atoms with Gasteiger partial charge in [0.05, 0.1) is 6.10 Å². The summed E-state index contributed by atoms with van der Waals surface area (Å²) in [5.41, 5.74) is 6.69. The minimum Gasteiger partial charge on any atom is -0.387 e. The second-order valence-corrected chi connectivity index (χ2v) is 6.15. The Morgan fingerprint density at radius 2 is 2.06 bits per heavy atom. The Kier molecular flexibility index (Phi) is 4.81. The second kappa shape index (κ2) is 6.17. The van der Waals surface area contributed by atoms with E-state index in [4.69, 9.17) is 17.3 Å².